The fourth-order valence-electron chi connectivity index (χ4n) is 7.27. The van der Waals surface area contributed by atoms with Gasteiger partial charge in [-0.3, -0.25) is 4.79 Å². The van der Waals surface area contributed by atoms with Crippen LogP contribution in [-0.2, 0) is 24.6 Å². The molecule has 0 aliphatic carbocycles. The number of aromatic nitrogens is 1. The Morgan fingerprint density at radius 2 is 1.25 bits per heavy atom. The van der Waals surface area contributed by atoms with E-state index in [2.05, 4.69) is 114 Å². The first-order valence-corrected chi connectivity index (χ1v) is 24.2. The van der Waals surface area contributed by atoms with Crippen molar-refractivity contribution in [3.8, 4) is 45.8 Å². The van der Waals surface area contributed by atoms with E-state index in [0.717, 1.165) is 21.2 Å². The number of carbonyl (C=O) groups excluding carboxylic acids is 1. The van der Waals surface area contributed by atoms with E-state index >= 15 is 0 Å². The maximum absolute atomic E-state index is 13.1. The highest BCUT2D eigenvalue weighted by Gasteiger charge is 2.41. The minimum Gasteiger partial charge on any atom is -0.373 e. The van der Waals surface area contributed by atoms with Gasteiger partial charge in [-0.15, -0.1) is 45.3 Å². The number of rotatable bonds is 15. The molecule has 8 rings (SSSR count). The minimum absolute atomic E-state index is 0.0174. The zero-order valence-electron chi connectivity index (χ0n) is 32.1. The molecule has 288 valence electrons. The van der Waals surface area contributed by atoms with Gasteiger partial charge >= 0.3 is 8.80 Å². The second-order valence-electron chi connectivity index (χ2n) is 13.2. The molecule has 5 aromatic heterocycles. The fraction of sp³-hybridized carbons (Fsp3) is 0.200. The Morgan fingerprint density at radius 1 is 0.684 bits per heavy atom. The molecular formula is C45H41N3O4S4Si. The average molecular weight is 844 g/mol. The van der Waals surface area contributed by atoms with Crippen LogP contribution in [0.3, 0.4) is 0 Å². The highest BCUT2D eigenvalue weighted by Crippen LogP contribution is 2.45. The van der Waals surface area contributed by atoms with Crippen molar-refractivity contribution in [2.45, 2.75) is 34.2 Å². The quantitative estimate of drug-likeness (QED) is 0.0631. The van der Waals surface area contributed by atoms with Crippen LogP contribution >= 0.6 is 45.3 Å². The van der Waals surface area contributed by atoms with Crippen molar-refractivity contribution in [2.24, 2.45) is 0 Å². The zero-order chi connectivity index (χ0) is 39.5. The molecule has 8 aromatic rings. The van der Waals surface area contributed by atoms with Crippen LogP contribution in [0, 0.1) is 11.3 Å². The molecule has 0 aliphatic rings. The molecule has 0 bridgehead atoms. The van der Waals surface area contributed by atoms with Gasteiger partial charge in [0.2, 0.25) is 0 Å². The van der Waals surface area contributed by atoms with E-state index in [1.54, 1.807) is 28.7 Å². The van der Waals surface area contributed by atoms with E-state index in [-0.39, 0.29) is 11.7 Å². The third kappa shape index (κ3) is 7.82. The van der Waals surface area contributed by atoms with Crippen LogP contribution in [0.15, 0.2) is 109 Å². The number of nitriles is 1. The van der Waals surface area contributed by atoms with E-state index in [0.29, 0.717) is 19.8 Å². The Morgan fingerprint density at radius 3 is 1.86 bits per heavy atom. The van der Waals surface area contributed by atoms with Crippen molar-refractivity contribution in [2.75, 3.05) is 26.0 Å². The van der Waals surface area contributed by atoms with Gasteiger partial charge < -0.3 is 23.2 Å². The van der Waals surface area contributed by atoms with E-state index in [9.17, 15) is 10.1 Å². The molecule has 0 unspecified atom stereocenters. The lowest BCUT2D eigenvalue weighted by atomic mass is 10.0. The van der Waals surface area contributed by atoms with Gasteiger partial charge in [0, 0.05) is 87.2 Å². The molecule has 1 amide bonds. The summed E-state index contributed by atoms with van der Waals surface area (Å²) in [5.41, 5.74) is 3.81. The third-order valence-electron chi connectivity index (χ3n) is 9.74. The molecular weight excluding hydrogens is 803 g/mol. The smallest absolute Gasteiger partial charge is 0.373 e. The first-order chi connectivity index (χ1) is 27.9. The Hall–Kier alpha value is -4.68. The number of amides is 1. The Bertz CT molecular complexity index is 2780. The molecule has 3 aromatic carbocycles. The first-order valence-electron chi connectivity index (χ1n) is 19.0. The van der Waals surface area contributed by atoms with Crippen molar-refractivity contribution in [1.29, 1.82) is 5.26 Å². The lowest BCUT2D eigenvalue weighted by Gasteiger charge is -2.28. The summed E-state index contributed by atoms with van der Waals surface area (Å²) in [4.78, 5) is 22.3. The van der Waals surface area contributed by atoms with E-state index in [4.69, 9.17) is 13.3 Å². The predicted octanol–water partition coefficient (Wildman–Crippen LogP) is 12.5. The number of carbonyl (C=O) groups is 1. The third-order valence-corrected chi connectivity index (χ3v) is 17.5. The maximum atomic E-state index is 13.1. The summed E-state index contributed by atoms with van der Waals surface area (Å²) >= 11 is 6.94. The lowest BCUT2D eigenvalue weighted by molar-refractivity contribution is -0.117. The standard InChI is InChI=1S/C45H41N3O4S4Si/c1-5-48-35-16-14-30(26-34(35)44-33-12-10-9-11-29(33)13-17-36(44)48)37-19-20-40(54-37)41-23-24-43(56-41)42-22-21-39(55-42)38-18-15-32(53-38)25-31(27-46)45(49)47-28-57(50-6-2,51-7-3)52-8-4/h9-26H,5-8,28H2,1-4H3,(H,47,49)/b31-25+. The van der Waals surface area contributed by atoms with Gasteiger partial charge in [0.25, 0.3) is 5.91 Å². The molecule has 0 saturated carbocycles. The van der Waals surface area contributed by atoms with Crippen LogP contribution in [0.25, 0.3) is 78.4 Å². The Kier molecular flexibility index (Phi) is 11.7. The monoisotopic (exact) mass is 843 g/mol. The summed E-state index contributed by atoms with van der Waals surface area (Å²) in [7, 11) is -3.09. The highest BCUT2D eigenvalue weighted by atomic mass is 32.1. The van der Waals surface area contributed by atoms with Crippen molar-refractivity contribution in [1.82, 2.24) is 9.88 Å². The molecule has 0 aliphatic heterocycles. The number of hydrogen-bond donors (Lipinski definition) is 1. The second kappa shape index (κ2) is 17.0. The van der Waals surface area contributed by atoms with Crippen molar-refractivity contribution < 1.29 is 18.1 Å². The highest BCUT2D eigenvalue weighted by molar-refractivity contribution is 7.29. The minimum atomic E-state index is -3.09. The molecule has 5 heterocycles. The van der Waals surface area contributed by atoms with Crippen LogP contribution in [0.2, 0.25) is 0 Å². The van der Waals surface area contributed by atoms with Crippen LogP contribution in [0.5, 0.6) is 0 Å². The van der Waals surface area contributed by atoms with Gasteiger partial charge in [-0.1, -0.05) is 36.4 Å². The Balaban J connectivity index is 0.982. The average Bonchev–Trinajstić information content (AvgIpc) is 4.08. The number of thiophene rings is 4. The number of nitrogens with zero attached hydrogens (tertiary/aromatic N) is 2. The topological polar surface area (TPSA) is 85.5 Å². The molecule has 1 N–H and O–H groups in total. The first kappa shape index (κ1) is 39.2. The Labute approximate surface area is 349 Å². The predicted molar refractivity (Wildman–Crippen MR) is 243 cm³/mol. The van der Waals surface area contributed by atoms with Crippen molar-refractivity contribution in [3.05, 3.63) is 114 Å². The molecule has 12 heteroatoms. The van der Waals surface area contributed by atoms with Gasteiger partial charge in [0.1, 0.15) is 11.6 Å². The van der Waals surface area contributed by atoms with Crippen LogP contribution in [-0.4, -0.2) is 45.3 Å². The maximum Gasteiger partial charge on any atom is 0.521 e. The van der Waals surface area contributed by atoms with Crippen LogP contribution in [0.4, 0.5) is 0 Å². The summed E-state index contributed by atoms with van der Waals surface area (Å²) < 4.78 is 19.9. The van der Waals surface area contributed by atoms with Crippen LogP contribution in [0.1, 0.15) is 32.6 Å². The van der Waals surface area contributed by atoms with Gasteiger partial charge in [0.15, 0.2) is 0 Å². The summed E-state index contributed by atoms with van der Waals surface area (Å²) in [5, 5.41) is 17.9. The van der Waals surface area contributed by atoms with Gasteiger partial charge in [-0.2, -0.15) is 5.26 Å². The van der Waals surface area contributed by atoms with Gasteiger partial charge in [-0.25, -0.2) is 0 Å². The molecule has 57 heavy (non-hydrogen) atoms. The van der Waals surface area contributed by atoms with E-state index < -0.39 is 14.7 Å². The molecule has 0 saturated heterocycles. The van der Waals surface area contributed by atoms with E-state index in [1.807, 2.05) is 55.6 Å². The molecule has 0 fully saturated rings. The fourth-order valence-corrected chi connectivity index (χ4v) is 13.8. The lowest BCUT2D eigenvalue weighted by Crippen LogP contribution is -2.55. The number of aryl methyl sites for hydroxylation is 1. The number of fused-ring (bicyclic) bond motifs is 5. The zero-order valence-corrected chi connectivity index (χ0v) is 36.4. The van der Waals surface area contributed by atoms with Crippen LogP contribution < -0.4 is 5.32 Å². The molecule has 0 radical (unpaired) electrons. The number of benzene rings is 3. The summed E-state index contributed by atoms with van der Waals surface area (Å²) in [6, 6.07) is 39.4. The van der Waals surface area contributed by atoms with Crippen molar-refractivity contribution >= 4 is 98.7 Å². The summed E-state index contributed by atoms with van der Waals surface area (Å²) in [6.07, 6.45) is 1.72. The molecule has 0 spiro atoms. The van der Waals surface area contributed by atoms with Gasteiger partial charge in [0.05, 0.1) is 6.17 Å². The second-order valence-corrected chi connectivity index (χ2v) is 20.1. The largest absolute Gasteiger partial charge is 0.521 e. The SMILES string of the molecule is CCO[Si](CNC(=O)/C(C#N)=C/c1ccc(-c2ccc(-c3ccc(-c4ccc(-c5ccc6c(c5)c5c7ccccc7ccc5n6CC)s4)s3)s2)s1)(OCC)OCC. The number of hydrogen-bond acceptors (Lipinski definition) is 9. The molecule has 0 atom stereocenters. The van der Waals surface area contributed by atoms with Gasteiger partial charge in [-0.05, 0) is 117 Å². The summed E-state index contributed by atoms with van der Waals surface area (Å²) in [5.74, 6) is -0.483. The summed E-state index contributed by atoms with van der Waals surface area (Å²) in [6.45, 7) is 9.93. The normalized spacial score (nSPS) is 12.2. The molecule has 7 nitrogen and oxygen atoms in total. The number of nitrogens with one attached hydrogen (secondary N) is 1. The van der Waals surface area contributed by atoms with Crippen molar-refractivity contribution in [3.63, 3.8) is 0 Å². The van der Waals surface area contributed by atoms with E-state index in [1.165, 1.54) is 62.5 Å².